The van der Waals surface area contributed by atoms with Crippen molar-refractivity contribution in [1.29, 1.82) is 0 Å². The van der Waals surface area contributed by atoms with Gasteiger partial charge in [-0.05, 0) is 63.1 Å². The van der Waals surface area contributed by atoms with Crippen LogP contribution in [0.15, 0.2) is 30.5 Å². The van der Waals surface area contributed by atoms with Crippen molar-refractivity contribution < 1.29 is 4.74 Å². The van der Waals surface area contributed by atoms with Gasteiger partial charge in [0, 0.05) is 18.2 Å². The van der Waals surface area contributed by atoms with Gasteiger partial charge in [-0.3, -0.25) is 0 Å². The van der Waals surface area contributed by atoms with Crippen LogP contribution in [0.25, 0.3) is 6.08 Å². The van der Waals surface area contributed by atoms with E-state index in [2.05, 4.69) is 42.3 Å². The van der Waals surface area contributed by atoms with E-state index in [1.165, 1.54) is 62.6 Å². The first-order chi connectivity index (χ1) is 11.8. The van der Waals surface area contributed by atoms with Crippen molar-refractivity contribution in [3.05, 3.63) is 41.7 Å². The maximum atomic E-state index is 6.21. The summed E-state index contributed by atoms with van der Waals surface area (Å²) in [5.74, 6) is 0.939. The summed E-state index contributed by atoms with van der Waals surface area (Å²) in [6, 6.07) is 9.51. The third kappa shape index (κ3) is 3.13. The molecule has 0 atom stereocenters. The Kier molecular flexibility index (Phi) is 4.67. The monoisotopic (exact) mass is 325 g/mol. The molecule has 2 heteroatoms. The lowest BCUT2D eigenvalue weighted by Crippen LogP contribution is -2.43. The maximum absolute atomic E-state index is 6.21. The first-order valence-corrected chi connectivity index (χ1v) is 9.91. The van der Waals surface area contributed by atoms with Gasteiger partial charge in [0.2, 0.25) is 0 Å². The molecule has 0 aromatic heterocycles. The van der Waals surface area contributed by atoms with Gasteiger partial charge in [-0.15, -0.1) is 0 Å². The summed E-state index contributed by atoms with van der Waals surface area (Å²) in [6.07, 6.45) is 16.1. The van der Waals surface area contributed by atoms with Crippen molar-refractivity contribution in [3.8, 4) is 0 Å². The number of hydrogen-bond acceptors (Lipinski definition) is 2. The summed E-state index contributed by atoms with van der Waals surface area (Å²) in [5, 5.41) is 0. The molecule has 1 aromatic carbocycles. The topological polar surface area (TPSA) is 12.5 Å². The zero-order valence-electron chi connectivity index (χ0n) is 15.0. The van der Waals surface area contributed by atoms with E-state index in [-0.39, 0.29) is 5.60 Å². The third-order valence-corrected chi connectivity index (χ3v) is 6.65. The van der Waals surface area contributed by atoms with Gasteiger partial charge in [0.25, 0.3) is 0 Å². The van der Waals surface area contributed by atoms with E-state index in [1.54, 1.807) is 0 Å². The Morgan fingerprint density at radius 3 is 2.58 bits per heavy atom. The van der Waals surface area contributed by atoms with Gasteiger partial charge in [-0.1, -0.05) is 43.5 Å². The van der Waals surface area contributed by atoms with E-state index < -0.39 is 0 Å². The Hall–Kier alpha value is -1.28. The molecule has 1 aromatic rings. The molecule has 4 rings (SSSR count). The Morgan fingerprint density at radius 2 is 1.79 bits per heavy atom. The molecule has 130 valence electrons. The largest absolute Gasteiger partial charge is 0.490 e. The van der Waals surface area contributed by atoms with Crippen molar-refractivity contribution in [1.82, 2.24) is 4.90 Å². The average Bonchev–Trinajstić information content (AvgIpc) is 2.64. The van der Waals surface area contributed by atoms with Crippen LogP contribution in [-0.4, -0.2) is 24.5 Å². The summed E-state index contributed by atoms with van der Waals surface area (Å²) in [7, 11) is 2.35. The van der Waals surface area contributed by atoms with Crippen molar-refractivity contribution in [2.45, 2.75) is 69.4 Å². The van der Waals surface area contributed by atoms with Gasteiger partial charge in [0.1, 0.15) is 5.60 Å². The van der Waals surface area contributed by atoms with Crippen molar-refractivity contribution in [3.63, 3.8) is 0 Å². The van der Waals surface area contributed by atoms with E-state index in [9.17, 15) is 0 Å². The van der Waals surface area contributed by atoms with Crippen LogP contribution in [0, 0.1) is 5.92 Å². The van der Waals surface area contributed by atoms with Gasteiger partial charge in [-0.25, -0.2) is 0 Å². The smallest absolute Gasteiger partial charge is 0.134 e. The molecule has 0 radical (unpaired) electrons. The normalized spacial score (nSPS) is 30.3. The summed E-state index contributed by atoms with van der Waals surface area (Å²) < 4.78 is 6.21. The molecule has 2 saturated carbocycles. The predicted octanol–water partition coefficient (Wildman–Crippen LogP) is 5.34. The Balaban J connectivity index is 1.39. The molecule has 2 fully saturated rings. The molecule has 2 aliphatic carbocycles. The zero-order valence-corrected chi connectivity index (χ0v) is 15.0. The lowest BCUT2D eigenvalue weighted by atomic mass is 9.74. The third-order valence-electron chi connectivity index (χ3n) is 6.65. The van der Waals surface area contributed by atoms with E-state index in [0.29, 0.717) is 0 Å². The second kappa shape index (κ2) is 6.92. The minimum atomic E-state index is -0.0620. The maximum Gasteiger partial charge on any atom is 0.134 e. The Morgan fingerprint density at radius 1 is 1.04 bits per heavy atom. The number of rotatable bonds is 3. The van der Waals surface area contributed by atoms with Crippen LogP contribution in [0.5, 0.6) is 0 Å². The second-order valence-corrected chi connectivity index (χ2v) is 8.18. The molecule has 1 aliphatic heterocycles. The molecule has 1 spiro atoms. The van der Waals surface area contributed by atoms with Crippen LogP contribution in [0.3, 0.4) is 0 Å². The molecule has 1 heterocycles. The van der Waals surface area contributed by atoms with Crippen LogP contribution in [0.1, 0.15) is 68.9 Å². The highest BCUT2D eigenvalue weighted by Gasteiger charge is 2.41. The van der Waals surface area contributed by atoms with Gasteiger partial charge in [0.05, 0.1) is 6.26 Å². The van der Waals surface area contributed by atoms with Gasteiger partial charge >= 0.3 is 0 Å². The van der Waals surface area contributed by atoms with Gasteiger partial charge in [0.15, 0.2) is 0 Å². The molecular weight excluding hydrogens is 294 g/mol. The molecule has 24 heavy (non-hydrogen) atoms. The molecule has 0 saturated heterocycles. The zero-order chi connectivity index (χ0) is 16.4. The van der Waals surface area contributed by atoms with Gasteiger partial charge < -0.3 is 9.64 Å². The first kappa shape index (κ1) is 16.2. The summed E-state index contributed by atoms with van der Waals surface area (Å²) in [4.78, 5) is 2.66. The van der Waals surface area contributed by atoms with Crippen LogP contribution in [0.4, 0.5) is 0 Å². The molecule has 3 aliphatic rings. The average molecular weight is 325 g/mol. The highest BCUT2D eigenvalue weighted by molar-refractivity contribution is 5.57. The summed E-state index contributed by atoms with van der Waals surface area (Å²) >= 11 is 0. The molecular formula is C22H31NO. The summed E-state index contributed by atoms with van der Waals surface area (Å²) in [6.45, 7) is 1.30. The fourth-order valence-corrected chi connectivity index (χ4v) is 5.18. The molecule has 0 unspecified atom stereocenters. The van der Waals surface area contributed by atoms with Crippen LogP contribution in [0.2, 0.25) is 0 Å². The highest BCUT2D eigenvalue weighted by atomic mass is 16.5. The number of hydrogen-bond donors (Lipinski definition) is 0. The van der Waals surface area contributed by atoms with E-state index in [4.69, 9.17) is 4.74 Å². The molecule has 2 nitrogen and oxygen atoms in total. The number of benzene rings is 1. The fraction of sp³-hybridized carbons (Fsp3) is 0.636. The molecule has 0 amide bonds. The Bertz CT molecular complexity index is 579. The van der Waals surface area contributed by atoms with Crippen LogP contribution >= 0.6 is 0 Å². The summed E-state index contributed by atoms with van der Waals surface area (Å²) in [5.41, 5.74) is 2.69. The van der Waals surface area contributed by atoms with Crippen molar-refractivity contribution in [2.75, 3.05) is 13.6 Å². The number of fused-ring (bicyclic) bond motifs is 2. The predicted molar refractivity (Wildman–Crippen MR) is 99.7 cm³/mol. The fourth-order valence-electron chi connectivity index (χ4n) is 5.18. The molecule has 0 N–H and O–H groups in total. The standard InChI is InChI=1S/C22H31NO/c1-23(17-18-7-3-2-4-8-18)20-11-14-22(15-12-20)21-10-6-5-9-19(21)13-16-24-22/h5-6,9-10,13,16,18,20H,2-4,7-8,11-12,14-15,17H2,1H3. The van der Waals surface area contributed by atoms with E-state index in [1.807, 2.05) is 6.26 Å². The lowest BCUT2D eigenvalue weighted by Gasteiger charge is -2.44. The van der Waals surface area contributed by atoms with Crippen molar-refractivity contribution >= 4 is 6.08 Å². The highest BCUT2D eigenvalue weighted by Crippen LogP contribution is 2.45. The minimum absolute atomic E-state index is 0.0620. The van der Waals surface area contributed by atoms with Crippen molar-refractivity contribution in [2.24, 2.45) is 5.92 Å². The van der Waals surface area contributed by atoms with Gasteiger partial charge in [-0.2, -0.15) is 0 Å². The van der Waals surface area contributed by atoms with E-state index in [0.717, 1.165) is 24.8 Å². The lowest BCUT2D eigenvalue weighted by molar-refractivity contribution is -0.0376. The first-order valence-electron chi connectivity index (χ1n) is 9.91. The SMILES string of the molecule is CN(CC1CCCCC1)C1CCC2(CC1)OC=Cc1ccccc12. The second-order valence-electron chi connectivity index (χ2n) is 8.18. The van der Waals surface area contributed by atoms with Crippen LogP contribution in [-0.2, 0) is 10.3 Å². The number of nitrogens with zero attached hydrogens (tertiary/aromatic N) is 1. The van der Waals surface area contributed by atoms with Crippen LogP contribution < -0.4 is 0 Å². The van der Waals surface area contributed by atoms with E-state index >= 15 is 0 Å². The Labute approximate surface area is 146 Å². The minimum Gasteiger partial charge on any atom is -0.490 e. The quantitative estimate of drug-likeness (QED) is 0.744. The molecule has 0 bridgehead atoms. The number of ether oxygens (including phenoxy) is 1.